The average molecular weight is 315 g/mol. The van der Waals surface area contributed by atoms with E-state index in [-0.39, 0.29) is 12.1 Å². The third-order valence-corrected chi connectivity index (χ3v) is 3.95. The Kier molecular flexibility index (Phi) is 4.92. The van der Waals surface area contributed by atoms with Crippen LogP contribution in [0, 0.1) is 0 Å². The van der Waals surface area contributed by atoms with Gasteiger partial charge in [0.15, 0.2) is 12.2 Å². The van der Waals surface area contributed by atoms with Crippen molar-refractivity contribution in [3.8, 4) is 11.3 Å². The summed E-state index contributed by atoms with van der Waals surface area (Å²) in [5, 5.41) is 2.94. The highest BCUT2D eigenvalue weighted by atomic mass is 16.5. The van der Waals surface area contributed by atoms with Gasteiger partial charge in [-0.25, -0.2) is 9.78 Å². The molecule has 2 aromatic rings. The third kappa shape index (κ3) is 3.90. The maximum absolute atomic E-state index is 12.5. The highest BCUT2D eigenvalue weighted by Crippen LogP contribution is 2.22. The van der Waals surface area contributed by atoms with Crippen LogP contribution in [-0.2, 0) is 4.74 Å². The molecule has 122 valence electrons. The summed E-state index contributed by atoms with van der Waals surface area (Å²) in [6.45, 7) is 4.04. The monoisotopic (exact) mass is 315 g/mol. The molecule has 1 aliphatic rings. The van der Waals surface area contributed by atoms with Gasteiger partial charge < -0.3 is 19.4 Å². The van der Waals surface area contributed by atoms with Gasteiger partial charge in [0.1, 0.15) is 0 Å². The summed E-state index contributed by atoms with van der Waals surface area (Å²) < 4.78 is 10.9. The molecular formula is C17H21N3O3. The van der Waals surface area contributed by atoms with E-state index in [1.54, 1.807) is 11.1 Å². The molecule has 2 heterocycles. The summed E-state index contributed by atoms with van der Waals surface area (Å²) in [6, 6.07) is 7.41. The number of aromatic nitrogens is 1. The topological polar surface area (TPSA) is 67.6 Å². The van der Waals surface area contributed by atoms with Crippen LogP contribution in [0.15, 0.2) is 41.3 Å². The number of anilines is 1. The molecule has 0 spiro atoms. The van der Waals surface area contributed by atoms with E-state index in [0.717, 1.165) is 30.7 Å². The predicted molar refractivity (Wildman–Crippen MR) is 87.2 cm³/mol. The van der Waals surface area contributed by atoms with Gasteiger partial charge >= 0.3 is 6.03 Å². The molecule has 6 heteroatoms. The van der Waals surface area contributed by atoms with Gasteiger partial charge in [-0.3, -0.25) is 0 Å². The molecule has 0 saturated carbocycles. The van der Waals surface area contributed by atoms with Crippen molar-refractivity contribution in [3.05, 3.63) is 36.9 Å². The molecule has 1 aromatic carbocycles. The molecule has 3 rings (SSSR count). The summed E-state index contributed by atoms with van der Waals surface area (Å²) in [6.07, 6.45) is 5.28. The zero-order valence-corrected chi connectivity index (χ0v) is 13.2. The van der Waals surface area contributed by atoms with E-state index >= 15 is 0 Å². The molecule has 1 aliphatic heterocycles. The van der Waals surface area contributed by atoms with E-state index in [9.17, 15) is 4.79 Å². The second-order valence-corrected chi connectivity index (χ2v) is 5.55. The summed E-state index contributed by atoms with van der Waals surface area (Å²) in [4.78, 5) is 18.1. The van der Waals surface area contributed by atoms with E-state index in [1.165, 1.54) is 6.39 Å². The number of ether oxygens (including phenoxy) is 1. The smallest absolute Gasteiger partial charge is 0.321 e. The number of amides is 2. The van der Waals surface area contributed by atoms with Crippen molar-refractivity contribution < 1.29 is 13.9 Å². The first-order valence-electron chi connectivity index (χ1n) is 7.92. The number of hydrogen-bond donors (Lipinski definition) is 1. The number of nitrogens with one attached hydrogen (secondary N) is 1. The second-order valence-electron chi connectivity index (χ2n) is 5.55. The number of rotatable bonds is 5. The second kappa shape index (κ2) is 7.28. The van der Waals surface area contributed by atoms with Crippen molar-refractivity contribution >= 4 is 11.7 Å². The first kappa shape index (κ1) is 15.6. The Labute approximate surface area is 135 Å². The van der Waals surface area contributed by atoms with Gasteiger partial charge in [0.2, 0.25) is 0 Å². The number of carbonyl (C=O) groups excluding carboxylic acids is 1. The Bertz CT molecular complexity index is 636. The van der Waals surface area contributed by atoms with Gasteiger partial charge in [-0.15, -0.1) is 0 Å². The summed E-state index contributed by atoms with van der Waals surface area (Å²) in [5.41, 5.74) is 1.61. The van der Waals surface area contributed by atoms with Crippen molar-refractivity contribution in [2.24, 2.45) is 0 Å². The number of benzene rings is 1. The Morgan fingerprint density at radius 3 is 3.09 bits per heavy atom. The Morgan fingerprint density at radius 2 is 2.39 bits per heavy atom. The van der Waals surface area contributed by atoms with Gasteiger partial charge in [-0.05, 0) is 31.9 Å². The maximum Gasteiger partial charge on any atom is 0.321 e. The normalized spacial score (nSPS) is 17.2. The molecule has 0 radical (unpaired) electrons. The van der Waals surface area contributed by atoms with Crippen molar-refractivity contribution in [2.45, 2.75) is 25.9 Å². The molecule has 1 saturated heterocycles. The Balaban J connectivity index is 1.65. The molecule has 1 aromatic heterocycles. The van der Waals surface area contributed by atoms with Crippen LogP contribution >= 0.6 is 0 Å². The lowest BCUT2D eigenvalue weighted by Gasteiger charge is -2.24. The van der Waals surface area contributed by atoms with Crippen LogP contribution < -0.4 is 5.32 Å². The average Bonchev–Trinajstić information content (AvgIpc) is 3.26. The van der Waals surface area contributed by atoms with E-state index in [4.69, 9.17) is 9.15 Å². The SMILES string of the molecule is CCN(C[C@@H]1CCCO1)C(=O)Nc1cccc(-c2cnco2)c1. The van der Waals surface area contributed by atoms with Crippen LogP contribution in [0.5, 0.6) is 0 Å². The molecule has 1 N–H and O–H groups in total. The Hall–Kier alpha value is -2.34. The number of hydrogen-bond acceptors (Lipinski definition) is 4. The number of nitrogens with zero attached hydrogens (tertiary/aromatic N) is 2. The zero-order chi connectivity index (χ0) is 16.1. The molecule has 0 unspecified atom stereocenters. The van der Waals surface area contributed by atoms with Crippen molar-refractivity contribution in [1.29, 1.82) is 0 Å². The lowest BCUT2D eigenvalue weighted by Crippen LogP contribution is -2.39. The van der Waals surface area contributed by atoms with Gasteiger partial charge in [-0.1, -0.05) is 12.1 Å². The van der Waals surface area contributed by atoms with Crippen LogP contribution in [0.25, 0.3) is 11.3 Å². The first-order chi connectivity index (χ1) is 11.3. The molecule has 1 atom stereocenters. The van der Waals surface area contributed by atoms with Crippen LogP contribution in [0.4, 0.5) is 10.5 Å². The lowest BCUT2D eigenvalue weighted by atomic mass is 10.1. The largest absolute Gasteiger partial charge is 0.444 e. The van der Waals surface area contributed by atoms with Gasteiger partial charge in [0, 0.05) is 30.9 Å². The van der Waals surface area contributed by atoms with Crippen LogP contribution in [0.1, 0.15) is 19.8 Å². The summed E-state index contributed by atoms with van der Waals surface area (Å²) >= 11 is 0. The molecule has 23 heavy (non-hydrogen) atoms. The van der Waals surface area contributed by atoms with E-state index < -0.39 is 0 Å². The number of likely N-dealkylation sites (N-methyl/N-ethyl adjacent to an activating group) is 1. The zero-order valence-electron chi connectivity index (χ0n) is 13.2. The molecule has 0 bridgehead atoms. The molecule has 1 fully saturated rings. The first-order valence-corrected chi connectivity index (χ1v) is 7.92. The fraction of sp³-hybridized carbons (Fsp3) is 0.412. The standard InChI is InChI=1S/C17H21N3O3/c1-2-20(11-15-7-4-8-22-15)17(21)19-14-6-3-5-13(9-14)16-10-18-12-23-16/h3,5-6,9-10,12,15H,2,4,7-8,11H2,1H3,(H,19,21)/t15-/m0/s1. The minimum absolute atomic E-state index is 0.113. The third-order valence-electron chi connectivity index (χ3n) is 3.95. The predicted octanol–water partition coefficient (Wildman–Crippen LogP) is 3.37. The maximum atomic E-state index is 12.5. The lowest BCUT2D eigenvalue weighted by molar-refractivity contribution is 0.0849. The van der Waals surface area contributed by atoms with Gasteiger partial charge in [-0.2, -0.15) is 0 Å². The van der Waals surface area contributed by atoms with Crippen LogP contribution in [0.2, 0.25) is 0 Å². The quantitative estimate of drug-likeness (QED) is 0.918. The summed E-state index contributed by atoms with van der Waals surface area (Å²) in [5.74, 6) is 0.674. The Morgan fingerprint density at radius 1 is 1.48 bits per heavy atom. The summed E-state index contributed by atoms with van der Waals surface area (Å²) in [7, 11) is 0. The molecule has 0 aliphatic carbocycles. The number of urea groups is 1. The molecule has 2 amide bonds. The van der Waals surface area contributed by atoms with Crippen molar-refractivity contribution in [3.63, 3.8) is 0 Å². The number of oxazole rings is 1. The minimum atomic E-state index is -0.113. The number of carbonyl (C=O) groups is 1. The van der Waals surface area contributed by atoms with E-state index in [1.807, 2.05) is 31.2 Å². The van der Waals surface area contributed by atoms with Gasteiger partial charge in [0.05, 0.1) is 12.3 Å². The fourth-order valence-corrected chi connectivity index (χ4v) is 2.70. The van der Waals surface area contributed by atoms with Gasteiger partial charge in [0.25, 0.3) is 0 Å². The molecule has 6 nitrogen and oxygen atoms in total. The van der Waals surface area contributed by atoms with Crippen molar-refractivity contribution in [2.75, 3.05) is 25.0 Å². The van der Waals surface area contributed by atoms with Crippen LogP contribution in [0.3, 0.4) is 0 Å². The molecular weight excluding hydrogens is 294 g/mol. The fourth-order valence-electron chi connectivity index (χ4n) is 2.70. The van der Waals surface area contributed by atoms with E-state index in [0.29, 0.717) is 18.8 Å². The van der Waals surface area contributed by atoms with Crippen molar-refractivity contribution in [1.82, 2.24) is 9.88 Å². The minimum Gasteiger partial charge on any atom is -0.444 e. The highest BCUT2D eigenvalue weighted by molar-refractivity contribution is 5.90. The van der Waals surface area contributed by atoms with Crippen LogP contribution in [-0.4, -0.2) is 41.7 Å². The van der Waals surface area contributed by atoms with E-state index in [2.05, 4.69) is 10.3 Å². The highest BCUT2D eigenvalue weighted by Gasteiger charge is 2.21.